The second-order valence-electron chi connectivity index (χ2n) is 6.66. The summed E-state index contributed by atoms with van der Waals surface area (Å²) in [6, 6.07) is 18.9. The minimum absolute atomic E-state index is 0.101. The van der Waals surface area contributed by atoms with Crippen LogP contribution in [0.2, 0.25) is 5.02 Å². The van der Waals surface area contributed by atoms with E-state index in [0.717, 1.165) is 6.20 Å². The Kier molecular flexibility index (Phi) is 10.5. The minimum Gasteiger partial charge on any atom is -0.423 e. The van der Waals surface area contributed by atoms with E-state index in [9.17, 15) is 17.6 Å². The summed E-state index contributed by atoms with van der Waals surface area (Å²) in [7, 11) is -1.50. The standard InChI is InChI=1S/C12H6F2N2.C7H6BNO2.C5H2ClF2N/c13-11-10(4-5-16-12(11)14)9-3-1-2-8(6-9)7-15;9-5-6-2-1-3-7(4-6)8(10)11;6-3-1-2-9-5(8)4(3)7/h1-6H;1-4,10-11H;1-2H. The van der Waals surface area contributed by atoms with Gasteiger partial charge >= 0.3 is 7.12 Å². The van der Waals surface area contributed by atoms with Crippen molar-refractivity contribution < 1.29 is 27.6 Å². The van der Waals surface area contributed by atoms with Gasteiger partial charge in [-0.15, -0.1) is 0 Å². The van der Waals surface area contributed by atoms with Crippen LogP contribution in [-0.4, -0.2) is 27.1 Å². The lowest BCUT2D eigenvalue weighted by Gasteiger charge is -2.03. The molecule has 180 valence electrons. The van der Waals surface area contributed by atoms with E-state index >= 15 is 0 Å². The van der Waals surface area contributed by atoms with Gasteiger partial charge in [-0.05, 0) is 47.4 Å². The van der Waals surface area contributed by atoms with E-state index in [1.54, 1.807) is 36.4 Å². The molecule has 0 amide bonds. The molecule has 2 aromatic heterocycles. The highest BCUT2D eigenvalue weighted by molar-refractivity contribution is 6.58. The zero-order valence-corrected chi connectivity index (χ0v) is 18.8. The fourth-order valence-electron chi connectivity index (χ4n) is 2.56. The van der Waals surface area contributed by atoms with Crippen molar-refractivity contribution in [1.29, 1.82) is 10.5 Å². The van der Waals surface area contributed by atoms with Crippen molar-refractivity contribution in [2.24, 2.45) is 0 Å². The number of pyridine rings is 2. The molecule has 2 N–H and O–H groups in total. The smallest absolute Gasteiger partial charge is 0.423 e. The molecule has 36 heavy (non-hydrogen) atoms. The number of hydrogen-bond donors (Lipinski definition) is 2. The van der Waals surface area contributed by atoms with Gasteiger partial charge in [0.2, 0.25) is 11.9 Å². The van der Waals surface area contributed by atoms with Crippen LogP contribution in [-0.2, 0) is 0 Å². The normalized spacial score (nSPS) is 9.47. The molecular weight excluding hydrogens is 499 g/mol. The van der Waals surface area contributed by atoms with Crippen molar-refractivity contribution in [3.8, 4) is 23.3 Å². The van der Waals surface area contributed by atoms with Crippen molar-refractivity contribution in [1.82, 2.24) is 9.97 Å². The average molecular weight is 513 g/mol. The highest BCUT2D eigenvalue weighted by Gasteiger charge is 2.11. The summed E-state index contributed by atoms with van der Waals surface area (Å²) in [6.45, 7) is 0. The first kappa shape index (κ1) is 28.0. The molecule has 4 rings (SSSR count). The van der Waals surface area contributed by atoms with Crippen LogP contribution in [0.3, 0.4) is 0 Å². The largest absolute Gasteiger partial charge is 0.488 e. The summed E-state index contributed by atoms with van der Waals surface area (Å²) in [5, 5.41) is 34.3. The molecule has 0 aliphatic carbocycles. The van der Waals surface area contributed by atoms with E-state index in [2.05, 4.69) is 9.97 Å². The summed E-state index contributed by atoms with van der Waals surface area (Å²) in [6.07, 6.45) is 2.29. The van der Waals surface area contributed by atoms with Crippen LogP contribution in [0.4, 0.5) is 17.6 Å². The number of hydrogen-bond acceptors (Lipinski definition) is 6. The Morgan fingerprint density at radius 1 is 0.750 bits per heavy atom. The van der Waals surface area contributed by atoms with E-state index in [1.165, 1.54) is 30.5 Å². The van der Waals surface area contributed by atoms with Crippen LogP contribution in [0.5, 0.6) is 0 Å². The first-order chi connectivity index (χ1) is 17.2. The van der Waals surface area contributed by atoms with Gasteiger partial charge in [-0.1, -0.05) is 35.9 Å². The van der Waals surface area contributed by atoms with Crippen molar-refractivity contribution >= 4 is 24.2 Å². The maximum absolute atomic E-state index is 13.4. The monoisotopic (exact) mass is 512 g/mol. The quantitative estimate of drug-likeness (QED) is 0.237. The van der Waals surface area contributed by atoms with Crippen LogP contribution < -0.4 is 5.46 Å². The van der Waals surface area contributed by atoms with Crippen LogP contribution in [0, 0.1) is 46.2 Å². The lowest BCUT2D eigenvalue weighted by Crippen LogP contribution is -2.29. The van der Waals surface area contributed by atoms with E-state index in [4.69, 9.17) is 32.2 Å². The van der Waals surface area contributed by atoms with Gasteiger partial charge in [0.05, 0.1) is 28.3 Å². The molecule has 0 saturated heterocycles. The Morgan fingerprint density at radius 3 is 1.86 bits per heavy atom. The number of nitriles is 2. The number of benzene rings is 2. The molecule has 0 atom stereocenters. The van der Waals surface area contributed by atoms with Gasteiger partial charge in [-0.3, -0.25) is 0 Å². The predicted molar refractivity (Wildman–Crippen MR) is 124 cm³/mol. The number of nitrogens with zero attached hydrogens (tertiary/aromatic N) is 4. The summed E-state index contributed by atoms with van der Waals surface area (Å²) in [5.74, 6) is -4.40. The molecule has 0 unspecified atom stereocenters. The van der Waals surface area contributed by atoms with Crippen molar-refractivity contribution in [2.75, 3.05) is 0 Å². The molecule has 4 aromatic rings. The summed E-state index contributed by atoms with van der Waals surface area (Å²) >= 11 is 5.16. The first-order valence-corrected chi connectivity index (χ1v) is 10.2. The van der Waals surface area contributed by atoms with Gasteiger partial charge in [-0.2, -0.15) is 19.3 Å². The fraction of sp³-hybridized carbons (Fsp3) is 0. The first-order valence-electron chi connectivity index (χ1n) is 9.80. The molecular formula is C24H14BClF4N4O2. The van der Waals surface area contributed by atoms with E-state index < -0.39 is 30.6 Å². The highest BCUT2D eigenvalue weighted by atomic mass is 35.5. The van der Waals surface area contributed by atoms with Crippen molar-refractivity contribution in [3.63, 3.8) is 0 Å². The van der Waals surface area contributed by atoms with Crippen LogP contribution in [0.25, 0.3) is 11.1 Å². The van der Waals surface area contributed by atoms with Gasteiger partial charge < -0.3 is 10.0 Å². The van der Waals surface area contributed by atoms with Crippen molar-refractivity contribution in [3.05, 3.63) is 113 Å². The lowest BCUT2D eigenvalue weighted by atomic mass is 9.80. The third-order valence-corrected chi connectivity index (χ3v) is 4.55. The zero-order chi connectivity index (χ0) is 26.7. The van der Waals surface area contributed by atoms with Gasteiger partial charge in [0, 0.05) is 18.0 Å². The maximum Gasteiger partial charge on any atom is 0.488 e. The van der Waals surface area contributed by atoms with E-state index in [0.29, 0.717) is 22.2 Å². The molecule has 6 nitrogen and oxygen atoms in total. The second-order valence-corrected chi connectivity index (χ2v) is 7.07. The Labute approximate surface area is 208 Å². The van der Waals surface area contributed by atoms with Crippen LogP contribution >= 0.6 is 11.6 Å². The molecule has 12 heteroatoms. The summed E-state index contributed by atoms with van der Waals surface area (Å²) < 4.78 is 50.5. The molecule has 0 fully saturated rings. The van der Waals surface area contributed by atoms with E-state index in [-0.39, 0.29) is 10.6 Å². The Balaban J connectivity index is 0.000000200. The predicted octanol–water partition coefficient (Wildman–Crippen LogP) is 4.15. The lowest BCUT2D eigenvalue weighted by molar-refractivity contribution is 0.426. The number of halogens is 5. The van der Waals surface area contributed by atoms with E-state index in [1.807, 2.05) is 12.1 Å². The fourth-order valence-corrected chi connectivity index (χ4v) is 2.70. The number of rotatable bonds is 2. The van der Waals surface area contributed by atoms with Gasteiger partial charge in [0.25, 0.3) is 0 Å². The molecule has 0 bridgehead atoms. The topological polar surface area (TPSA) is 114 Å². The molecule has 0 radical (unpaired) electrons. The Bertz CT molecular complexity index is 1410. The number of aromatic nitrogens is 2. The average Bonchev–Trinajstić information content (AvgIpc) is 2.89. The SMILES string of the molecule is Fc1nccc(Cl)c1F.N#Cc1cccc(-c2ccnc(F)c2F)c1.N#Cc1cccc(B(O)O)c1. The van der Waals surface area contributed by atoms with Gasteiger partial charge in [-0.25, -0.2) is 18.7 Å². The van der Waals surface area contributed by atoms with Gasteiger partial charge in [0.15, 0.2) is 11.6 Å². The molecule has 2 aromatic carbocycles. The third kappa shape index (κ3) is 7.89. The van der Waals surface area contributed by atoms with Crippen molar-refractivity contribution in [2.45, 2.75) is 0 Å². The Morgan fingerprint density at radius 2 is 1.31 bits per heavy atom. The zero-order valence-electron chi connectivity index (χ0n) is 18.1. The second kappa shape index (κ2) is 13.6. The molecule has 0 saturated carbocycles. The molecule has 0 aliphatic heterocycles. The van der Waals surface area contributed by atoms with Crippen LogP contribution in [0.15, 0.2) is 73.1 Å². The third-order valence-electron chi connectivity index (χ3n) is 4.26. The molecule has 0 spiro atoms. The Hall–Kier alpha value is -4.29. The summed E-state index contributed by atoms with van der Waals surface area (Å²) in [4.78, 5) is 6.21. The molecule has 2 heterocycles. The van der Waals surface area contributed by atoms with Crippen LogP contribution in [0.1, 0.15) is 11.1 Å². The van der Waals surface area contributed by atoms with Gasteiger partial charge in [0.1, 0.15) is 0 Å². The molecule has 0 aliphatic rings. The summed E-state index contributed by atoms with van der Waals surface area (Å²) in [5.41, 5.74) is 1.72. The minimum atomic E-state index is -1.50. The maximum atomic E-state index is 13.4. The highest BCUT2D eigenvalue weighted by Crippen LogP contribution is 2.23.